The van der Waals surface area contributed by atoms with Gasteiger partial charge in [0, 0.05) is 48.8 Å². The number of amides is 2. The molecular formula is C31H31N5O2. The lowest BCUT2D eigenvalue weighted by atomic mass is 10.0. The predicted octanol–water partition coefficient (Wildman–Crippen LogP) is 5.21. The molecule has 4 aromatic rings. The number of hydrogen-bond donors (Lipinski definition) is 1. The fourth-order valence-corrected chi connectivity index (χ4v) is 4.69. The van der Waals surface area contributed by atoms with Gasteiger partial charge in [-0.25, -0.2) is 0 Å². The molecule has 38 heavy (non-hydrogen) atoms. The summed E-state index contributed by atoms with van der Waals surface area (Å²) in [4.78, 5) is 29.9. The second-order valence-corrected chi connectivity index (χ2v) is 9.91. The van der Waals surface area contributed by atoms with E-state index in [-0.39, 0.29) is 11.8 Å². The summed E-state index contributed by atoms with van der Waals surface area (Å²) in [7, 11) is 3.92. The predicted molar refractivity (Wildman–Crippen MR) is 152 cm³/mol. The Bertz CT molecular complexity index is 1490. The van der Waals surface area contributed by atoms with Gasteiger partial charge in [-0.15, -0.1) is 0 Å². The Kier molecular flexibility index (Phi) is 6.92. The molecule has 0 saturated heterocycles. The van der Waals surface area contributed by atoms with Crippen LogP contribution in [0.4, 0.5) is 17.1 Å². The molecule has 0 aliphatic carbocycles. The van der Waals surface area contributed by atoms with Gasteiger partial charge >= 0.3 is 0 Å². The first-order valence-electron chi connectivity index (χ1n) is 12.7. The molecule has 0 fully saturated rings. The first-order chi connectivity index (χ1) is 18.3. The molecule has 0 saturated carbocycles. The maximum absolute atomic E-state index is 13.3. The number of fused-ring (bicyclic) bond motifs is 1. The van der Waals surface area contributed by atoms with Crippen molar-refractivity contribution >= 4 is 28.9 Å². The first kappa shape index (κ1) is 25.1. The summed E-state index contributed by atoms with van der Waals surface area (Å²) >= 11 is 0. The van der Waals surface area contributed by atoms with Gasteiger partial charge in [0.15, 0.2) is 0 Å². The van der Waals surface area contributed by atoms with Crippen molar-refractivity contribution in [1.29, 1.82) is 0 Å². The van der Waals surface area contributed by atoms with Gasteiger partial charge in [-0.05, 0) is 78.9 Å². The fraction of sp³-hybridized carbons (Fsp3) is 0.226. The van der Waals surface area contributed by atoms with Crippen molar-refractivity contribution in [1.82, 2.24) is 10.2 Å². The smallest absolute Gasteiger partial charge is 0.255 e. The molecule has 0 radical (unpaired) electrons. The zero-order valence-electron chi connectivity index (χ0n) is 22.2. The molecule has 0 unspecified atom stereocenters. The Hall–Kier alpha value is -4.52. The summed E-state index contributed by atoms with van der Waals surface area (Å²) in [5.41, 5.74) is 9.23. The van der Waals surface area contributed by atoms with Gasteiger partial charge in [0.2, 0.25) is 5.91 Å². The molecule has 3 aromatic carbocycles. The summed E-state index contributed by atoms with van der Waals surface area (Å²) in [6.07, 6.45) is 2.86. The van der Waals surface area contributed by atoms with Crippen molar-refractivity contribution in [3.8, 4) is 11.3 Å². The third kappa shape index (κ3) is 5.13. The molecule has 1 aliphatic rings. The van der Waals surface area contributed by atoms with Crippen LogP contribution in [-0.4, -0.2) is 42.7 Å². The minimum absolute atomic E-state index is 0.0331. The van der Waals surface area contributed by atoms with Crippen LogP contribution < -0.4 is 15.1 Å². The Labute approximate surface area is 223 Å². The number of carbonyl (C=O) groups excluding carboxylic acids is 2. The number of nitrogens with one attached hydrogen (secondary N) is 1. The van der Waals surface area contributed by atoms with Crippen molar-refractivity contribution in [3.63, 3.8) is 0 Å². The molecule has 1 aromatic heterocycles. The summed E-state index contributed by atoms with van der Waals surface area (Å²) in [5, 5.41) is 11.3. The molecule has 0 atom stereocenters. The van der Waals surface area contributed by atoms with E-state index in [1.165, 1.54) is 0 Å². The van der Waals surface area contributed by atoms with Crippen LogP contribution >= 0.6 is 0 Å². The van der Waals surface area contributed by atoms with Crippen LogP contribution in [0.15, 0.2) is 72.9 Å². The SMILES string of the molecule is Cc1cnnc(-c2ccc(CC(=O)N3CCc4ccc(NC(=O)c5ccc(N(C)C)cc5)cc43)cc2)c1C. The largest absolute Gasteiger partial charge is 0.378 e. The van der Waals surface area contributed by atoms with Gasteiger partial charge in [-0.3, -0.25) is 9.59 Å². The Morgan fingerprint density at radius 1 is 0.974 bits per heavy atom. The second kappa shape index (κ2) is 10.5. The zero-order chi connectivity index (χ0) is 26.8. The highest BCUT2D eigenvalue weighted by atomic mass is 16.2. The molecule has 0 spiro atoms. The van der Waals surface area contributed by atoms with Crippen molar-refractivity contribution < 1.29 is 9.59 Å². The highest BCUT2D eigenvalue weighted by Crippen LogP contribution is 2.32. The van der Waals surface area contributed by atoms with Crippen LogP contribution in [0.2, 0.25) is 0 Å². The minimum atomic E-state index is -0.181. The van der Waals surface area contributed by atoms with Crippen LogP contribution in [0.5, 0.6) is 0 Å². The van der Waals surface area contributed by atoms with Crippen LogP contribution in [0.25, 0.3) is 11.3 Å². The van der Waals surface area contributed by atoms with E-state index in [4.69, 9.17) is 0 Å². The number of rotatable bonds is 6. The van der Waals surface area contributed by atoms with Crippen LogP contribution in [0.3, 0.4) is 0 Å². The number of nitrogens with zero attached hydrogens (tertiary/aromatic N) is 4. The van der Waals surface area contributed by atoms with Crippen molar-refractivity contribution in [3.05, 3.63) is 101 Å². The number of aryl methyl sites for hydroxylation is 1. The highest BCUT2D eigenvalue weighted by Gasteiger charge is 2.25. The van der Waals surface area contributed by atoms with E-state index in [1.807, 2.05) is 104 Å². The molecule has 1 aliphatic heterocycles. The molecule has 5 rings (SSSR count). The molecule has 7 heteroatoms. The van der Waals surface area contributed by atoms with E-state index in [2.05, 4.69) is 15.5 Å². The van der Waals surface area contributed by atoms with E-state index in [9.17, 15) is 9.59 Å². The Morgan fingerprint density at radius 3 is 2.42 bits per heavy atom. The second-order valence-electron chi connectivity index (χ2n) is 9.91. The quantitative estimate of drug-likeness (QED) is 0.389. The molecule has 0 bridgehead atoms. The molecule has 2 heterocycles. The van der Waals surface area contributed by atoms with Crippen molar-refractivity contribution in [2.45, 2.75) is 26.7 Å². The van der Waals surface area contributed by atoms with Gasteiger partial charge in [0.25, 0.3) is 5.91 Å². The topological polar surface area (TPSA) is 78.4 Å². The highest BCUT2D eigenvalue weighted by molar-refractivity contribution is 6.05. The number of carbonyl (C=O) groups is 2. The van der Waals surface area contributed by atoms with Crippen LogP contribution in [-0.2, 0) is 17.6 Å². The summed E-state index contributed by atoms with van der Waals surface area (Å²) in [6.45, 7) is 4.70. The third-order valence-corrected chi connectivity index (χ3v) is 7.12. The first-order valence-corrected chi connectivity index (χ1v) is 12.7. The van der Waals surface area contributed by atoms with Gasteiger partial charge in [-0.2, -0.15) is 10.2 Å². The van der Waals surface area contributed by atoms with E-state index in [0.29, 0.717) is 24.2 Å². The maximum Gasteiger partial charge on any atom is 0.255 e. The zero-order valence-corrected chi connectivity index (χ0v) is 22.2. The van der Waals surface area contributed by atoms with Crippen molar-refractivity contribution in [2.24, 2.45) is 0 Å². The van der Waals surface area contributed by atoms with E-state index in [1.54, 1.807) is 6.20 Å². The maximum atomic E-state index is 13.3. The minimum Gasteiger partial charge on any atom is -0.378 e. The molecule has 2 amide bonds. The van der Waals surface area contributed by atoms with Gasteiger partial charge in [0.1, 0.15) is 0 Å². The molecular weight excluding hydrogens is 474 g/mol. The summed E-state index contributed by atoms with van der Waals surface area (Å²) in [6, 6.07) is 21.2. The average molecular weight is 506 g/mol. The van der Waals surface area contributed by atoms with Gasteiger partial charge < -0.3 is 15.1 Å². The van der Waals surface area contributed by atoms with E-state index >= 15 is 0 Å². The lowest BCUT2D eigenvalue weighted by Gasteiger charge is -2.18. The third-order valence-electron chi connectivity index (χ3n) is 7.12. The average Bonchev–Trinajstić information content (AvgIpc) is 3.34. The van der Waals surface area contributed by atoms with Gasteiger partial charge in [-0.1, -0.05) is 30.3 Å². The molecule has 1 N–H and O–H groups in total. The monoisotopic (exact) mass is 505 g/mol. The Balaban J connectivity index is 1.27. The number of benzene rings is 3. The molecule has 192 valence electrons. The normalized spacial score (nSPS) is 12.3. The summed E-state index contributed by atoms with van der Waals surface area (Å²) in [5.74, 6) is -0.148. The standard InChI is InChI=1S/C31H31N5O2/c1-20-19-32-34-30(21(20)2)24-7-5-22(6-8-24)17-29(37)36-16-15-23-9-12-26(18-28(23)36)33-31(38)25-10-13-27(14-11-25)35(3)4/h5-14,18-19H,15-17H2,1-4H3,(H,33,38). The number of anilines is 3. The summed E-state index contributed by atoms with van der Waals surface area (Å²) < 4.78 is 0. The number of hydrogen-bond acceptors (Lipinski definition) is 5. The van der Waals surface area contributed by atoms with E-state index in [0.717, 1.165) is 51.3 Å². The van der Waals surface area contributed by atoms with E-state index < -0.39 is 0 Å². The number of aromatic nitrogens is 2. The lowest BCUT2D eigenvalue weighted by Crippen LogP contribution is -2.30. The van der Waals surface area contributed by atoms with Crippen LogP contribution in [0.1, 0.15) is 32.6 Å². The van der Waals surface area contributed by atoms with Crippen molar-refractivity contribution in [2.75, 3.05) is 35.8 Å². The lowest BCUT2D eigenvalue weighted by molar-refractivity contribution is -0.117. The molecule has 7 nitrogen and oxygen atoms in total. The van der Waals surface area contributed by atoms with Crippen LogP contribution in [0, 0.1) is 13.8 Å². The fourth-order valence-electron chi connectivity index (χ4n) is 4.69. The Morgan fingerprint density at radius 2 is 1.71 bits per heavy atom. The van der Waals surface area contributed by atoms with Gasteiger partial charge in [0.05, 0.1) is 18.3 Å².